The van der Waals surface area contributed by atoms with Crippen LogP contribution < -0.4 is 5.32 Å². The van der Waals surface area contributed by atoms with Gasteiger partial charge in [-0.2, -0.15) is 0 Å². The van der Waals surface area contributed by atoms with E-state index >= 15 is 0 Å². The molecule has 8 heteroatoms. The number of hydrogen-bond donors (Lipinski definition) is 2. The van der Waals surface area contributed by atoms with E-state index in [0.717, 1.165) is 35.6 Å². The molecule has 1 spiro atoms. The number of ether oxygens (including phenoxy) is 1. The maximum absolute atomic E-state index is 12.6. The number of hydrogen-bond acceptors (Lipinski definition) is 6. The fraction of sp³-hybridized carbons (Fsp3) is 0.700. The van der Waals surface area contributed by atoms with E-state index in [-0.39, 0.29) is 18.1 Å². The van der Waals surface area contributed by atoms with E-state index in [4.69, 9.17) is 9.84 Å². The molecule has 2 N–H and O–H groups in total. The minimum Gasteiger partial charge on any atom is -0.480 e. The summed E-state index contributed by atoms with van der Waals surface area (Å²) < 4.78 is 6.22. The molecule has 28 heavy (non-hydrogen) atoms. The lowest BCUT2D eigenvalue weighted by molar-refractivity contribution is -0.141. The zero-order valence-corrected chi connectivity index (χ0v) is 17.8. The number of carboxylic acid groups (broad SMARTS) is 1. The van der Waals surface area contributed by atoms with E-state index in [2.05, 4.69) is 31.1 Å². The maximum atomic E-state index is 12.6. The number of likely N-dealkylation sites (tertiary alicyclic amines) is 1. The van der Waals surface area contributed by atoms with E-state index < -0.39 is 5.97 Å². The van der Waals surface area contributed by atoms with Crippen LogP contribution in [0, 0.1) is 0 Å². The van der Waals surface area contributed by atoms with Crippen LogP contribution in [0.5, 0.6) is 0 Å². The van der Waals surface area contributed by atoms with Crippen LogP contribution in [-0.4, -0.2) is 79.2 Å². The topological polar surface area (TPSA) is 82.1 Å². The van der Waals surface area contributed by atoms with Crippen molar-refractivity contribution in [1.82, 2.24) is 15.1 Å². The van der Waals surface area contributed by atoms with Gasteiger partial charge in [-0.25, -0.2) is 0 Å². The van der Waals surface area contributed by atoms with Gasteiger partial charge in [0.05, 0.1) is 18.0 Å². The molecule has 0 saturated carbocycles. The number of aliphatic carboxylic acids is 1. The lowest BCUT2D eigenvalue weighted by Crippen LogP contribution is -2.47. The quantitative estimate of drug-likeness (QED) is 0.714. The number of thiophene rings is 1. The number of carboxylic acids is 1. The summed E-state index contributed by atoms with van der Waals surface area (Å²) in [5, 5.41) is 12.0. The standard InChI is InChI=1S/C20H31N3O4S/c1-14(2)22(3)10-7-21-19(26)16-12-15-4-11-27-20(18(15)28-16)5-8-23(9-6-20)13-17(24)25/h12,14H,4-11,13H2,1-3H3,(H,21,26)(H,24,25). The molecule has 2 aliphatic rings. The Morgan fingerprint density at radius 2 is 2.11 bits per heavy atom. The molecule has 1 saturated heterocycles. The molecule has 3 rings (SSSR count). The zero-order valence-electron chi connectivity index (χ0n) is 17.0. The first kappa shape index (κ1) is 21.2. The molecular formula is C20H31N3O4S. The second kappa shape index (κ2) is 8.90. The first-order chi connectivity index (χ1) is 13.3. The van der Waals surface area contributed by atoms with Gasteiger partial charge in [-0.3, -0.25) is 14.5 Å². The zero-order chi connectivity index (χ0) is 20.3. The van der Waals surface area contributed by atoms with E-state index in [1.54, 1.807) is 11.3 Å². The maximum Gasteiger partial charge on any atom is 0.317 e. The third kappa shape index (κ3) is 4.74. The average molecular weight is 410 g/mol. The monoisotopic (exact) mass is 409 g/mol. The SMILES string of the molecule is CC(C)N(C)CCNC(=O)c1cc2c(s1)C1(CCN(CC(=O)O)CC1)OCC2. The van der Waals surface area contributed by atoms with Gasteiger partial charge in [0.15, 0.2) is 0 Å². The average Bonchev–Trinajstić information content (AvgIpc) is 3.09. The van der Waals surface area contributed by atoms with Gasteiger partial charge in [-0.05, 0) is 51.8 Å². The molecule has 1 amide bonds. The molecule has 1 aromatic rings. The van der Waals surface area contributed by atoms with Crippen LogP contribution >= 0.6 is 11.3 Å². The largest absolute Gasteiger partial charge is 0.480 e. The van der Waals surface area contributed by atoms with Crippen LogP contribution in [0.15, 0.2) is 6.07 Å². The van der Waals surface area contributed by atoms with E-state index in [1.807, 2.05) is 11.0 Å². The number of carbonyl (C=O) groups excluding carboxylic acids is 1. The third-order valence-electron chi connectivity index (χ3n) is 5.85. The Bertz CT molecular complexity index is 710. The van der Waals surface area contributed by atoms with Gasteiger partial charge in [-0.15, -0.1) is 11.3 Å². The van der Waals surface area contributed by atoms with Crippen LogP contribution in [0.1, 0.15) is 46.8 Å². The summed E-state index contributed by atoms with van der Waals surface area (Å²) in [5.41, 5.74) is 0.858. The summed E-state index contributed by atoms with van der Waals surface area (Å²) in [6, 6.07) is 2.48. The molecule has 0 aliphatic carbocycles. The van der Waals surface area contributed by atoms with E-state index in [1.165, 1.54) is 5.56 Å². The van der Waals surface area contributed by atoms with Crippen molar-refractivity contribution in [2.24, 2.45) is 0 Å². The Morgan fingerprint density at radius 3 is 2.75 bits per heavy atom. The Labute approximate surface area is 170 Å². The summed E-state index contributed by atoms with van der Waals surface area (Å²) in [7, 11) is 2.05. The van der Waals surface area contributed by atoms with Crippen LogP contribution in [0.2, 0.25) is 0 Å². The fourth-order valence-corrected chi connectivity index (χ4v) is 5.19. The highest BCUT2D eigenvalue weighted by molar-refractivity contribution is 7.14. The molecule has 0 bridgehead atoms. The second-order valence-electron chi connectivity index (χ2n) is 8.06. The van der Waals surface area contributed by atoms with Crippen LogP contribution in [0.25, 0.3) is 0 Å². The van der Waals surface area contributed by atoms with E-state index in [9.17, 15) is 9.59 Å². The van der Waals surface area contributed by atoms with Crippen molar-refractivity contribution in [3.05, 3.63) is 21.4 Å². The molecule has 1 aromatic heterocycles. The minimum atomic E-state index is -0.792. The molecule has 0 unspecified atom stereocenters. The van der Waals surface area contributed by atoms with Crippen molar-refractivity contribution < 1.29 is 19.4 Å². The van der Waals surface area contributed by atoms with Crippen LogP contribution in [0.4, 0.5) is 0 Å². The first-order valence-corrected chi connectivity index (χ1v) is 10.8. The molecule has 1 fully saturated rings. The molecule has 2 aliphatic heterocycles. The van der Waals surface area contributed by atoms with Crippen molar-refractivity contribution >= 4 is 23.2 Å². The Balaban J connectivity index is 1.64. The van der Waals surface area contributed by atoms with Crippen molar-refractivity contribution in [1.29, 1.82) is 0 Å². The fourth-order valence-electron chi connectivity index (χ4n) is 3.86. The molecule has 156 valence electrons. The molecule has 7 nitrogen and oxygen atoms in total. The van der Waals surface area contributed by atoms with Gasteiger partial charge in [0.2, 0.25) is 0 Å². The number of rotatable bonds is 7. The smallest absolute Gasteiger partial charge is 0.317 e. The molecule has 0 atom stereocenters. The van der Waals surface area contributed by atoms with Gasteiger partial charge in [0, 0.05) is 37.1 Å². The normalized spacial score (nSPS) is 19.2. The van der Waals surface area contributed by atoms with Gasteiger partial charge < -0.3 is 20.1 Å². The van der Waals surface area contributed by atoms with Gasteiger partial charge in [-0.1, -0.05) is 0 Å². The summed E-state index contributed by atoms with van der Waals surface area (Å²) in [5.74, 6) is -0.811. The highest BCUT2D eigenvalue weighted by Crippen LogP contribution is 2.45. The number of fused-ring (bicyclic) bond motifs is 2. The molecular weight excluding hydrogens is 378 g/mol. The van der Waals surface area contributed by atoms with Gasteiger partial charge in [0.1, 0.15) is 5.60 Å². The van der Waals surface area contributed by atoms with Crippen LogP contribution in [0.3, 0.4) is 0 Å². The Hall–Kier alpha value is -1.48. The summed E-state index contributed by atoms with van der Waals surface area (Å²) in [6.45, 7) is 7.85. The highest BCUT2D eigenvalue weighted by Gasteiger charge is 2.42. The van der Waals surface area contributed by atoms with Gasteiger partial charge in [0.25, 0.3) is 5.91 Å². The first-order valence-electron chi connectivity index (χ1n) is 10.0. The Kier molecular flexibility index (Phi) is 6.75. The number of nitrogens with zero attached hydrogens (tertiary/aromatic N) is 2. The number of likely N-dealkylation sites (N-methyl/N-ethyl adjacent to an activating group) is 1. The third-order valence-corrected chi connectivity index (χ3v) is 7.21. The lowest BCUT2D eigenvalue weighted by atomic mass is 9.85. The lowest BCUT2D eigenvalue weighted by Gasteiger charge is -2.43. The van der Waals surface area contributed by atoms with Crippen molar-refractivity contribution in [2.75, 3.05) is 46.4 Å². The second-order valence-corrected chi connectivity index (χ2v) is 9.11. The summed E-state index contributed by atoms with van der Waals surface area (Å²) in [6.07, 6.45) is 2.37. The number of nitrogens with one attached hydrogen (secondary N) is 1. The summed E-state index contributed by atoms with van der Waals surface area (Å²) in [4.78, 5) is 29.7. The predicted octanol–water partition coefficient (Wildman–Crippen LogP) is 1.77. The van der Waals surface area contributed by atoms with Crippen molar-refractivity contribution in [2.45, 2.75) is 44.8 Å². The van der Waals surface area contributed by atoms with Gasteiger partial charge >= 0.3 is 5.97 Å². The highest BCUT2D eigenvalue weighted by atomic mass is 32.1. The molecule has 0 aromatic carbocycles. The molecule has 3 heterocycles. The number of piperidine rings is 1. The minimum absolute atomic E-state index is 0.0185. The summed E-state index contributed by atoms with van der Waals surface area (Å²) >= 11 is 1.54. The number of carbonyl (C=O) groups is 2. The Morgan fingerprint density at radius 1 is 1.39 bits per heavy atom. The predicted molar refractivity (Wildman–Crippen MR) is 109 cm³/mol. The van der Waals surface area contributed by atoms with Crippen molar-refractivity contribution in [3.63, 3.8) is 0 Å². The van der Waals surface area contributed by atoms with Crippen LogP contribution in [-0.2, 0) is 21.6 Å². The number of amides is 1. The van der Waals surface area contributed by atoms with Crippen molar-refractivity contribution in [3.8, 4) is 0 Å². The van der Waals surface area contributed by atoms with E-state index in [0.29, 0.717) is 32.3 Å². The molecule has 0 radical (unpaired) electrons.